The molecule has 0 radical (unpaired) electrons. The summed E-state index contributed by atoms with van der Waals surface area (Å²) in [5.74, 6) is 3.08. The summed E-state index contributed by atoms with van der Waals surface area (Å²) in [4.78, 5) is 13.3. The van der Waals surface area contributed by atoms with Gasteiger partial charge in [0.15, 0.2) is 5.76 Å². The summed E-state index contributed by atoms with van der Waals surface area (Å²) in [6.07, 6.45) is 11.9. The molecule has 0 amide bonds. The highest BCUT2D eigenvalue weighted by atomic mass is 16.5. The Balaban J connectivity index is 0.000000175. The second kappa shape index (κ2) is 9.38. The van der Waals surface area contributed by atoms with Gasteiger partial charge in [-0.25, -0.2) is 0 Å². The third kappa shape index (κ3) is 8.43. The Morgan fingerprint density at radius 2 is 1.87 bits per heavy atom. The highest BCUT2D eigenvalue weighted by molar-refractivity contribution is 5.75. The summed E-state index contributed by atoms with van der Waals surface area (Å²) in [5, 5.41) is 8.76. The molecule has 0 bridgehead atoms. The van der Waals surface area contributed by atoms with E-state index in [1.54, 1.807) is 32.6 Å². The molecule has 2 atom stereocenters. The van der Waals surface area contributed by atoms with Gasteiger partial charge in [-0.15, -0.1) is 0 Å². The van der Waals surface area contributed by atoms with E-state index in [0.717, 1.165) is 0 Å². The van der Waals surface area contributed by atoms with Gasteiger partial charge in [-0.05, 0) is 52.4 Å². The molecule has 3 rings (SSSR count). The van der Waals surface area contributed by atoms with Crippen molar-refractivity contribution in [3.63, 3.8) is 0 Å². The minimum absolute atomic E-state index is 0.0306. The lowest BCUT2D eigenvalue weighted by Crippen LogP contribution is -2.18. The molecule has 1 heterocycles. The minimum Gasteiger partial charge on any atom is -0.504 e. The van der Waals surface area contributed by atoms with Gasteiger partial charge in [0.25, 0.3) is 6.47 Å². The lowest BCUT2D eigenvalue weighted by molar-refractivity contribution is -0.138. The molecule has 5 nitrogen and oxygen atoms in total. The highest BCUT2D eigenvalue weighted by Crippen LogP contribution is 2.46. The molecular weight excluding hydrogens is 294 g/mol. The maximum Gasteiger partial charge on any atom is 0.293 e. The molecule has 0 saturated heterocycles. The minimum atomic E-state index is -0.318. The molecule has 1 aliphatic heterocycles. The number of hydrogen-bond acceptors (Lipinski definition) is 5. The van der Waals surface area contributed by atoms with Crippen LogP contribution in [0.3, 0.4) is 0 Å². The van der Waals surface area contributed by atoms with Crippen LogP contribution in [0.25, 0.3) is 0 Å². The van der Waals surface area contributed by atoms with E-state index >= 15 is 0 Å². The quantitative estimate of drug-likeness (QED) is 0.721. The number of carbonyl (C=O) groups is 1. The van der Waals surface area contributed by atoms with E-state index in [1.807, 2.05) is 20.8 Å². The lowest BCUT2D eigenvalue weighted by Gasteiger charge is -2.29. The van der Waals surface area contributed by atoms with E-state index in [-0.39, 0.29) is 11.4 Å². The molecule has 0 aromatic carbocycles. The summed E-state index contributed by atoms with van der Waals surface area (Å²) < 4.78 is 9.39. The number of aliphatic hydroxyl groups excluding tert-OH is 1. The highest BCUT2D eigenvalue weighted by Gasteiger charge is 2.34. The Kier molecular flexibility index (Phi) is 7.86. The molecular formula is C18H29NO4. The first-order valence-corrected chi connectivity index (χ1v) is 8.19. The molecule has 0 aromatic rings. The number of ether oxygens (including phenoxy) is 2. The normalized spacial score (nSPS) is 24.7. The fourth-order valence-electron chi connectivity index (χ4n) is 2.62. The predicted octanol–water partition coefficient (Wildman–Crippen LogP) is 4.50. The molecule has 23 heavy (non-hydrogen) atoms. The van der Waals surface area contributed by atoms with Crippen molar-refractivity contribution in [3.05, 3.63) is 24.0 Å². The van der Waals surface area contributed by atoms with Crippen LogP contribution in [0.15, 0.2) is 29.0 Å². The number of carbonyl (C=O) groups excluding carboxylic acids is 1. The topological polar surface area (TPSA) is 68.1 Å². The number of allylic oxidation sites excluding steroid dienone is 2. The molecule has 0 aromatic heterocycles. The van der Waals surface area contributed by atoms with E-state index < -0.39 is 0 Å². The van der Waals surface area contributed by atoms with E-state index in [4.69, 9.17) is 9.84 Å². The zero-order valence-electron chi connectivity index (χ0n) is 14.6. The Morgan fingerprint density at radius 3 is 2.26 bits per heavy atom. The van der Waals surface area contributed by atoms with Gasteiger partial charge in [-0.3, -0.25) is 9.79 Å². The van der Waals surface area contributed by atoms with Crippen LogP contribution in [-0.2, 0) is 14.3 Å². The van der Waals surface area contributed by atoms with Gasteiger partial charge in [0.05, 0.1) is 12.4 Å². The van der Waals surface area contributed by atoms with Gasteiger partial charge in [0.1, 0.15) is 17.6 Å². The van der Waals surface area contributed by atoms with E-state index in [1.165, 1.54) is 36.9 Å². The third-order valence-electron chi connectivity index (χ3n) is 3.96. The number of rotatable bonds is 1. The van der Waals surface area contributed by atoms with E-state index in [9.17, 15) is 4.79 Å². The average molecular weight is 323 g/mol. The standard InChI is InChI=1S/C7H12.C6H7NO2.C5H10O2/c1-2-6-4-5-7(6)3-1;1-5-2-7-3-6(8)4-9-5;1-5(2,3)7-4-6/h6-7H,1-5H2;2-4,8H,1H3;4H,1-3H3. The third-order valence-corrected chi connectivity index (χ3v) is 3.96. The summed E-state index contributed by atoms with van der Waals surface area (Å²) in [5.41, 5.74) is -0.318. The fraction of sp³-hybridized carbons (Fsp3) is 0.667. The SMILES string of the molecule is C1CC2CCC2C1.CC(C)(C)OC=O.CC1=CN=CC(O)=CO1. The van der Waals surface area contributed by atoms with Crippen LogP contribution < -0.4 is 0 Å². The smallest absolute Gasteiger partial charge is 0.293 e. The average Bonchev–Trinajstić information content (AvgIpc) is 2.63. The zero-order valence-corrected chi connectivity index (χ0v) is 14.6. The maximum atomic E-state index is 9.60. The van der Waals surface area contributed by atoms with Crippen molar-refractivity contribution < 1.29 is 19.4 Å². The summed E-state index contributed by atoms with van der Waals surface area (Å²) in [6, 6.07) is 0. The first-order chi connectivity index (χ1) is 10.8. The summed E-state index contributed by atoms with van der Waals surface area (Å²) in [7, 11) is 0. The lowest BCUT2D eigenvalue weighted by atomic mass is 9.77. The van der Waals surface area contributed by atoms with Crippen molar-refractivity contribution in [1.29, 1.82) is 0 Å². The van der Waals surface area contributed by atoms with E-state index in [0.29, 0.717) is 12.2 Å². The second-order valence-electron chi connectivity index (χ2n) is 7.03. The number of aliphatic imine (C=N–C) groups is 1. The van der Waals surface area contributed by atoms with Gasteiger partial charge in [-0.2, -0.15) is 0 Å². The molecule has 2 unspecified atom stereocenters. The van der Waals surface area contributed by atoms with Crippen LogP contribution in [0, 0.1) is 11.8 Å². The maximum absolute atomic E-state index is 9.60. The van der Waals surface area contributed by atoms with Gasteiger partial charge in [0.2, 0.25) is 0 Å². The molecule has 5 heteroatoms. The molecule has 3 aliphatic rings. The van der Waals surface area contributed by atoms with Crippen molar-refractivity contribution in [2.45, 2.75) is 65.4 Å². The van der Waals surface area contributed by atoms with Crippen molar-refractivity contribution in [3.8, 4) is 0 Å². The number of nitrogens with zero attached hydrogens (tertiary/aromatic N) is 1. The van der Waals surface area contributed by atoms with E-state index in [2.05, 4.69) is 9.73 Å². The van der Waals surface area contributed by atoms with Gasteiger partial charge in [-0.1, -0.05) is 19.3 Å². The summed E-state index contributed by atoms with van der Waals surface area (Å²) >= 11 is 0. The van der Waals surface area contributed by atoms with Crippen LogP contribution in [-0.4, -0.2) is 23.4 Å². The van der Waals surface area contributed by atoms with Crippen LogP contribution in [0.4, 0.5) is 0 Å². The van der Waals surface area contributed by atoms with Gasteiger partial charge < -0.3 is 14.6 Å². The largest absolute Gasteiger partial charge is 0.504 e. The zero-order chi connectivity index (χ0) is 17.3. The fourth-order valence-corrected chi connectivity index (χ4v) is 2.62. The van der Waals surface area contributed by atoms with Crippen molar-refractivity contribution >= 4 is 12.7 Å². The van der Waals surface area contributed by atoms with Gasteiger partial charge >= 0.3 is 0 Å². The summed E-state index contributed by atoms with van der Waals surface area (Å²) in [6.45, 7) is 7.68. The first-order valence-electron chi connectivity index (χ1n) is 8.19. The van der Waals surface area contributed by atoms with Crippen LogP contribution in [0.2, 0.25) is 0 Å². The molecule has 2 saturated carbocycles. The predicted molar refractivity (Wildman–Crippen MR) is 91.0 cm³/mol. The number of hydrogen-bond donors (Lipinski definition) is 1. The second-order valence-corrected chi connectivity index (χ2v) is 7.03. The first kappa shape index (κ1) is 19.3. The van der Waals surface area contributed by atoms with Crippen molar-refractivity contribution in [2.75, 3.05) is 0 Å². The number of fused-ring (bicyclic) bond motifs is 1. The Labute approximate surface area is 139 Å². The molecule has 1 N–H and O–H groups in total. The molecule has 2 aliphatic carbocycles. The Morgan fingerprint density at radius 1 is 1.26 bits per heavy atom. The van der Waals surface area contributed by atoms with Crippen molar-refractivity contribution in [2.24, 2.45) is 16.8 Å². The molecule has 2 fully saturated rings. The monoisotopic (exact) mass is 323 g/mol. The van der Waals surface area contributed by atoms with Gasteiger partial charge in [0, 0.05) is 0 Å². The molecule has 130 valence electrons. The van der Waals surface area contributed by atoms with Crippen molar-refractivity contribution in [1.82, 2.24) is 0 Å². The Hall–Kier alpha value is -1.78. The molecule has 0 spiro atoms. The Bertz CT molecular complexity index is 447. The van der Waals surface area contributed by atoms with Crippen LogP contribution in [0.5, 0.6) is 0 Å². The van der Waals surface area contributed by atoms with Crippen LogP contribution >= 0.6 is 0 Å². The number of aliphatic hydroxyl groups is 1. The van der Waals surface area contributed by atoms with Crippen LogP contribution in [0.1, 0.15) is 59.8 Å².